The first kappa shape index (κ1) is 9.53. The van der Waals surface area contributed by atoms with Crippen LogP contribution in [0.5, 0.6) is 0 Å². The minimum absolute atomic E-state index is 0.116. The highest BCUT2D eigenvalue weighted by Crippen LogP contribution is 2.25. The fourth-order valence-electron chi connectivity index (χ4n) is 1.65. The molecule has 0 heterocycles. The van der Waals surface area contributed by atoms with Crippen molar-refractivity contribution in [1.29, 1.82) is 0 Å². The number of rotatable bonds is 2. The molecule has 0 bridgehead atoms. The maximum atomic E-state index is 9.60. The fraction of sp³-hybridized carbons (Fsp3) is 0.636. The first-order valence-corrected chi connectivity index (χ1v) is 4.72. The van der Waals surface area contributed by atoms with Gasteiger partial charge in [-0.25, -0.2) is 0 Å². The van der Waals surface area contributed by atoms with Crippen molar-refractivity contribution < 1.29 is 5.11 Å². The number of aliphatic hydroxyl groups excluding tert-OH is 1. The summed E-state index contributed by atoms with van der Waals surface area (Å²) in [5.74, 6) is 0.371. The molecule has 0 aliphatic heterocycles. The summed E-state index contributed by atoms with van der Waals surface area (Å²) in [6.07, 6.45) is 8.52. The van der Waals surface area contributed by atoms with Crippen LogP contribution in [0.3, 0.4) is 0 Å². The third-order valence-corrected chi connectivity index (χ3v) is 2.41. The molecule has 2 atom stereocenters. The normalized spacial score (nSPS) is 30.8. The van der Waals surface area contributed by atoms with Crippen LogP contribution in [0.2, 0.25) is 0 Å². The maximum absolute atomic E-state index is 9.60. The highest BCUT2D eigenvalue weighted by atomic mass is 16.3. The number of aliphatic hydroxyl groups is 1. The molecular formula is C11H18O. The van der Waals surface area contributed by atoms with Crippen molar-refractivity contribution in [3.05, 3.63) is 24.3 Å². The van der Waals surface area contributed by atoms with E-state index in [0.29, 0.717) is 5.92 Å². The Labute approximate surface area is 74.8 Å². The molecule has 1 heteroatoms. The third kappa shape index (κ3) is 2.82. The minimum atomic E-state index is -0.116. The zero-order chi connectivity index (χ0) is 8.97. The van der Waals surface area contributed by atoms with E-state index < -0.39 is 0 Å². The Bertz CT molecular complexity index is 181. The van der Waals surface area contributed by atoms with Gasteiger partial charge >= 0.3 is 0 Å². The standard InChI is InChI=1S/C11H18O/c1-9(2)7-8-10-5-3-4-6-11(10)12/h7-8,10-12H,1,3-6H2,2H3/b8-7+. The summed E-state index contributed by atoms with van der Waals surface area (Å²) >= 11 is 0. The Morgan fingerprint density at radius 2 is 2.08 bits per heavy atom. The summed E-state index contributed by atoms with van der Waals surface area (Å²) in [6.45, 7) is 5.77. The lowest BCUT2D eigenvalue weighted by atomic mass is 9.86. The van der Waals surface area contributed by atoms with Gasteiger partial charge in [0.1, 0.15) is 0 Å². The first-order chi connectivity index (χ1) is 5.70. The van der Waals surface area contributed by atoms with Crippen molar-refractivity contribution in [2.75, 3.05) is 0 Å². The molecule has 1 aliphatic carbocycles. The van der Waals surface area contributed by atoms with Gasteiger partial charge in [0, 0.05) is 5.92 Å². The summed E-state index contributed by atoms with van der Waals surface area (Å²) in [5.41, 5.74) is 1.06. The van der Waals surface area contributed by atoms with Crippen molar-refractivity contribution in [2.24, 2.45) is 5.92 Å². The zero-order valence-electron chi connectivity index (χ0n) is 7.79. The average Bonchev–Trinajstić information content (AvgIpc) is 2.03. The summed E-state index contributed by atoms with van der Waals surface area (Å²) < 4.78 is 0. The molecule has 0 saturated heterocycles. The Kier molecular flexibility index (Phi) is 3.54. The van der Waals surface area contributed by atoms with Crippen molar-refractivity contribution >= 4 is 0 Å². The van der Waals surface area contributed by atoms with Crippen LogP contribution >= 0.6 is 0 Å². The van der Waals surface area contributed by atoms with E-state index in [4.69, 9.17) is 0 Å². The predicted molar refractivity (Wildman–Crippen MR) is 51.9 cm³/mol. The molecule has 1 aliphatic rings. The lowest BCUT2D eigenvalue weighted by Crippen LogP contribution is -2.22. The summed E-state index contributed by atoms with van der Waals surface area (Å²) in [4.78, 5) is 0. The van der Waals surface area contributed by atoms with E-state index in [9.17, 15) is 5.11 Å². The van der Waals surface area contributed by atoms with Crippen LogP contribution in [0.15, 0.2) is 24.3 Å². The van der Waals surface area contributed by atoms with Gasteiger partial charge in [-0.1, -0.05) is 37.1 Å². The van der Waals surface area contributed by atoms with Gasteiger partial charge in [-0.3, -0.25) is 0 Å². The van der Waals surface area contributed by atoms with Gasteiger partial charge in [0.25, 0.3) is 0 Å². The molecule has 1 rings (SSSR count). The minimum Gasteiger partial charge on any atom is -0.393 e. The molecule has 1 nitrogen and oxygen atoms in total. The highest BCUT2D eigenvalue weighted by Gasteiger charge is 2.19. The van der Waals surface area contributed by atoms with E-state index in [-0.39, 0.29) is 6.10 Å². The van der Waals surface area contributed by atoms with Crippen LogP contribution in [-0.4, -0.2) is 11.2 Å². The zero-order valence-corrected chi connectivity index (χ0v) is 7.79. The predicted octanol–water partition coefficient (Wildman–Crippen LogP) is 2.67. The molecule has 0 aromatic carbocycles. The molecule has 0 amide bonds. The second-order valence-electron chi connectivity index (χ2n) is 3.72. The second kappa shape index (κ2) is 4.46. The van der Waals surface area contributed by atoms with Gasteiger partial charge in [-0.15, -0.1) is 0 Å². The van der Waals surface area contributed by atoms with Crippen molar-refractivity contribution in [3.63, 3.8) is 0 Å². The topological polar surface area (TPSA) is 20.2 Å². The average molecular weight is 166 g/mol. The summed E-state index contributed by atoms with van der Waals surface area (Å²) in [5, 5.41) is 9.60. The van der Waals surface area contributed by atoms with Crippen LogP contribution in [0.4, 0.5) is 0 Å². The van der Waals surface area contributed by atoms with Crippen LogP contribution in [0.1, 0.15) is 32.6 Å². The maximum Gasteiger partial charge on any atom is 0.0602 e. The molecule has 68 valence electrons. The number of hydrogen-bond donors (Lipinski definition) is 1. The van der Waals surface area contributed by atoms with Crippen LogP contribution in [-0.2, 0) is 0 Å². The van der Waals surface area contributed by atoms with E-state index in [1.807, 2.05) is 13.0 Å². The monoisotopic (exact) mass is 166 g/mol. The van der Waals surface area contributed by atoms with Gasteiger partial charge in [-0.2, -0.15) is 0 Å². The second-order valence-corrected chi connectivity index (χ2v) is 3.72. The molecule has 0 spiro atoms. The third-order valence-electron chi connectivity index (χ3n) is 2.41. The quantitative estimate of drug-likeness (QED) is 0.625. The van der Waals surface area contributed by atoms with Crippen LogP contribution < -0.4 is 0 Å². The van der Waals surface area contributed by atoms with E-state index in [0.717, 1.165) is 18.4 Å². The van der Waals surface area contributed by atoms with Crippen molar-refractivity contribution in [3.8, 4) is 0 Å². The molecular weight excluding hydrogens is 148 g/mol. The molecule has 12 heavy (non-hydrogen) atoms. The van der Waals surface area contributed by atoms with E-state index in [2.05, 4.69) is 12.7 Å². The Morgan fingerprint density at radius 1 is 1.42 bits per heavy atom. The lowest BCUT2D eigenvalue weighted by molar-refractivity contribution is 0.0927. The highest BCUT2D eigenvalue weighted by molar-refractivity contribution is 5.12. The molecule has 2 unspecified atom stereocenters. The Hall–Kier alpha value is -0.560. The molecule has 0 radical (unpaired) electrons. The Balaban J connectivity index is 2.43. The van der Waals surface area contributed by atoms with Crippen LogP contribution in [0.25, 0.3) is 0 Å². The molecule has 0 aromatic rings. The van der Waals surface area contributed by atoms with Gasteiger partial charge in [-0.05, 0) is 19.8 Å². The van der Waals surface area contributed by atoms with Gasteiger partial charge < -0.3 is 5.11 Å². The number of allylic oxidation sites excluding steroid dienone is 2. The lowest BCUT2D eigenvalue weighted by Gasteiger charge is -2.24. The van der Waals surface area contributed by atoms with E-state index >= 15 is 0 Å². The Morgan fingerprint density at radius 3 is 2.67 bits per heavy atom. The van der Waals surface area contributed by atoms with Gasteiger partial charge in [0.15, 0.2) is 0 Å². The molecule has 1 saturated carbocycles. The summed E-state index contributed by atoms with van der Waals surface area (Å²) in [7, 11) is 0. The van der Waals surface area contributed by atoms with Gasteiger partial charge in [0.05, 0.1) is 6.10 Å². The van der Waals surface area contributed by atoms with Gasteiger partial charge in [0.2, 0.25) is 0 Å². The van der Waals surface area contributed by atoms with Crippen molar-refractivity contribution in [1.82, 2.24) is 0 Å². The smallest absolute Gasteiger partial charge is 0.0602 e. The fourth-order valence-corrected chi connectivity index (χ4v) is 1.65. The molecule has 1 N–H and O–H groups in total. The molecule has 0 aromatic heterocycles. The number of hydrogen-bond acceptors (Lipinski definition) is 1. The summed E-state index contributed by atoms with van der Waals surface area (Å²) in [6, 6.07) is 0. The molecule has 1 fully saturated rings. The van der Waals surface area contributed by atoms with E-state index in [1.54, 1.807) is 0 Å². The SMILES string of the molecule is C=C(C)/C=C/C1CCCCC1O. The van der Waals surface area contributed by atoms with E-state index in [1.165, 1.54) is 12.8 Å². The van der Waals surface area contributed by atoms with Crippen molar-refractivity contribution in [2.45, 2.75) is 38.7 Å². The van der Waals surface area contributed by atoms with Crippen LogP contribution in [0, 0.1) is 5.92 Å². The largest absolute Gasteiger partial charge is 0.393 e. The first-order valence-electron chi connectivity index (χ1n) is 4.72.